The standard InChI is InChI=1S/C23H26N2O3/c1-24(2)19-11-9-17(10-12-19)15-25(16-20-7-5-13-27-20)23(26)22-14-18-6-3-4-8-21(18)28-22/h3-4,6,8-12,14,20H,5,7,13,15-16H2,1-2H3/t20-/m1/s1. The number of anilines is 1. The summed E-state index contributed by atoms with van der Waals surface area (Å²) in [4.78, 5) is 17.2. The van der Waals surface area contributed by atoms with Crippen LogP contribution in [0.15, 0.2) is 59.0 Å². The largest absolute Gasteiger partial charge is 0.451 e. The highest BCUT2D eigenvalue weighted by Gasteiger charge is 2.25. The number of fused-ring (bicyclic) bond motifs is 1. The molecule has 1 aliphatic heterocycles. The van der Waals surface area contributed by atoms with Crippen molar-refractivity contribution in [1.29, 1.82) is 0 Å². The van der Waals surface area contributed by atoms with Crippen LogP contribution < -0.4 is 4.90 Å². The fourth-order valence-electron chi connectivity index (χ4n) is 3.62. The molecule has 2 heterocycles. The second-order valence-electron chi connectivity index (χ2n) is 7.53. The van der Waals surface area contributed by atoms with Crippen molar-refractivity contribution in [2.24, 2.45) is 0 Å². The zero-order valence-electron chi connectivity index (χ0n) is 16.4. The molecule has 1 saturated heterocycles. The van der Waals surface area contributed by atoms with E-state index < -0.39 is 0 Å². The van der Waals surface area contributed by atoms with Gasteiger partial charge < -0.3 is 19.0 Å². The van der Waals surface area contributed by atoms with Crippen LogP contribution in [-0.2, 0) is 11.3 Å². The van der Waals surface area contributed by atoms with E-state index in [2.05, 4.69) is 29.2 Å². The van der Waals surface area contributed by atoms with Crippen LogP contribution in [0.1, 0.15) is 29.0 Å². The monoisotopic (exact) mass is 378 g/mol. The Bertz CT molecular complexity index is 907. The number of amides is 1. The Kier molecular flexibility index (Phi) is 5.35. The lowest BCUT2D eigenvalue weighted by Crippen LogP contribution is -2.36. The molecule has 2 aromatic carbocycles. The minimum atomic E-state index is -0.0941. The molecule has 0 radical (unpaired) electrons. The molecule has 5 heteroatoms. The molecule has 1 aromatic heterocycles. The number of rotatable bonds is 6. The van der Waals surface area contributed by atoms with Gasteiger partial charge in [0.25, 0.3) is 5.91 Å². The predicted molar refractivity (Wildman–Crippen MR) is 111 cm³/mol. The fraction of sp³-hybridized carbons (Fsp3) is 0.348. The van der Waals surface area contributed by atoms with Gasteiger partial charge in [-0.2, -0.15) is 0 Å². The van der Waals surface area contributed by atoms with Crippen LogP contribution in [0.2, 0.25) is 0 Å². The first kappa shape index (κ1) is 18.6. The molecule has 0 saturated carbocycles. The summed E-state index contributed by atoms with van der Waals surface area (Å²) < 4.78 is 11.6. The summed E-state index contributed by atoms with van der Waals surface area (Å²) in [5.74, 6) is 0.285. The van der Waals surface area contributed by atoms with Crippen LogP contribution >= 0.6 is 0 Å². The van der Waals surface area contributed by atoms with Crippen molar-refractivity contribution < 1.29 is 13.9 Å². The second kappa shape index (κ2) is 8.07. The smallest absolute Gasteiger partial charge is 0.289 e. The van der Waals surface area contributed by atoms with Gasteiger partial charge in [-0.1, -0.05) is 30.3 Å². The van der Waals surface area contributed by atoms with Gasteiger partial charge in [0.05, 0.1) is 6.10 Å². The van der Waals surface area contributed by atoms with Gasteiger partial charge in [-0.05, 0) is 42.7 Å². The maximum Gasteiger partial charge on any atom is 0.289 e. The number of carbonyl (C=O) groups excluding carboxylic acids is 1. The predicted octanol–water partition coefficient (Wildman–Crippen LogP) is 4.32. The number of furan rings is 1. The number of para-hydroxylation sites is 1. The van der Waals surface area contributed by atoms with Crippen molar-refractivity contribution in [2.45, 2.75) is 25.5 Å². The fourth-order valence-corrected chi connectivity index (χ4v) is 3.62. The van der Waals surface area contributed by atoms with Gasteiger partial charge in [0.2, 0.25) is 0 Å². The third kappa shape index (κ3) is 4.04. The third-order valence-electron chi connectivity index (χ3n) is 5.20. The van der Waals surface area contributed by atoms with Gasteiger partial charge in [-0.25, -0.2) is 0 Å². The average molecular weight is 378 g/mol. The Balaban J connectivity index is 1.57. The molecule has 3 aromatic rings. The zero-order valence-corrected chi connectivity index (χ0v) is 16.4. The second-order valence-corrected chi connectivity index (χ2v) is 7.53. The first-order valence-electron chi connectivity index (χ1n) is 9.76. The Morgan fingerprint density at radius 2 is 1.89 bits per heavy atom. The van der Waals surface area contributed by atoms with E-state index in [-0.39, 0.29) is 12.0 Å². The van der Waals surface area contributed by atoms with Gasteiger partial charge in [-0.15, -0.1) is 0 Å². The summed E-state index contributed by atoms with van der Waals surface area (Å²) in [6, 6.07) is 17.8. The molecule has 0 unspecified atom stereocenters. The van der Waals surface area contributed by atoms with Crippen molar-refractivity contribution in [1.82, 2.24) is 4.90 Å². The van der Waals surface area contributed by atoms with Crippen molar-refractivity contribution in [2.75, 3.05) is 32.1 Å². The van der Waals surface area contributed by atoms with Gasteiger partial charge in [0, 0.05) is 44.9 Å². The SMILES string of the molecule is CN(C)c1ccc(CN(C[C@H]2CCCO2)C(=O)c2cc3ccccc3o2)cc1. The minimum Gasteiger partial charge on any atom is -0.451 e. The van der Waals surface area contributed by atoms with Crippen molar-refractivity contribution in [3.8, 4) is 0 Å². The number of ether oxygens (including phenoxy) is 1. The molecule has 0 spiro atoms. The molecule has 0 N–H and O–H groups in total. The van der Waals surface area contributed by atoms with E-state index in [0.29, 0.717) is 18.8 Å². The highest BCUT2D eigenvalue weighted by atomic mass is 16.5. The molecule has 1 amide bonds. The summed E-state index contributed by atoms with van der Waals surface area (Å²) >= 11 is 0. The highest BCUT2D eigenvalue weighted by molar-refractivity contribution is 5.96. The number of carbonyl (C=O) groups is 1. The minimum absolute atomic E-state index is 0.0920. The Labute approximate surface area is 165 Å². The van der Waals surface area contributed by atoms with E-state index in [4.69, 9.17) is 9.15 Å². The van der Waals surface area contributed by atoms with Gasteiger partial charge in [0.1, 0.15) is 5.58 Å². The van der Waals surface area contributed by atoms with Crippen molar-refractivity contribution >= 4 is 22.6 Å². The van der Waals surface area contributed by atoms with Crippen LogP contribution in [0, 0.1) is 0 Å². The molecular formula is C23H26N2O3. The number of nitrogens with zero attached hydrogens (tertiary/aromatic N) is 2. The average Bonchev–Trinajstić information content (AvgIpc) is 3.36. The molecule has 1 fully saturated rings. The van der Waals surface area contributed by atoms with Crippen LogP contribution in [0.4, 0.5) is 5.69 Å². The molecule has 1 atom stereocenters. The van der Waals surface area contributed by atoms with Gasteiger partial charge >= 0.3 is 0 Å². The normalized spacial score (nSPS) is 16.4. The zero-order chi connectivity index (χ0) is 19.5. The quantitative estimate of drug-likeness (QED) is 0.641. The topological polar surface area (TPSA) is 45.9 Å². The summed E-state index contributed by atoms with van der Waals surface area (Å²) in [6.45, 7) is 1.88. The van der Waals surface area contributed by atoms with Gasteiger partial charge in [-0.3, -0.25) is 4.79 Å². The van der Waals surface area contributed by atoms with E-state index in [1.807, 2.05) is 49.3 Å². The molecule has 0 aliphatic carbocycles. The van der Waals surface area contributed by atoms with Crippen LogP contribution in [0.5, 0.6) is 0 Å². The Morgan fingerprint density at radius 3 is 2.57 bits per heavy atom. The van der Waals surface area contributed by atoms with E-state index >= 15 is 0 Å². The summed E-state index contributed by atoms with van der Waals surface area (Å²) in [6.07, 6.45) is 2.13. The van der Waals surface area contributed by atoms with Crippen LogP contribution in [-0.4, -0.2) is 44.2 Å². The first-order valence-corrected chi connectivity index (χ1v) is 9.76. The Morgan fingerprint density at radius 1 is 1.11 bits per heavy atom. The van der Waals surface area contributed by atoms with Crippen LogP contribution in [0.25, 0.3) is 11.0 Å². The Hall–Kier alpha value is -2.79. The maximum absolute atomic E-state index is 13.3. The van der Waals surface area contributed by atoms with Gasteiger partial charge in [0.15, 0.2) is 5.76 Å². The number of hydrogen-bond acceptors (Lipinski definition) is 4. The lowest BCUT2D eigenvalue weighted by atomic mass is 10.1. The summed E-state index contributed by atoms with van der Waals surface area (Å²) in [5.41, 5.74) is 2.96. The van der Waals surface area contributed by atoms with Crippen molar-refractivity contribution in [3.63, 3.8) is 0 Å². The molecule has 1 aliphatic rings. The van der Waals surface area contributed by atoms with E-state index in [1.165, 1.54) is 0 Å². The lowest BCUT2D eigenvalue weighted by Gasteiger charge is -2.25. The lowest BCUT2D eigenvalue weighted by molar-refractivity contribution is 0.0485. The van der Waals surface area contributed by atoms with E-state index in [0.717, 1.165) is 41.7 Å². The van der Waals surface area contributed by atoms with Crippen LogP contribution in [0.3, 0.4) is 0 Å². The molecule has 4 rings (SSSR count). The summed E-state index contributed by atoms with van der Waals surface area (Å²) in [7, 11) is 4.04. The van der Waals surface area contributed by atoms with E-state index in [1.54, 1.807) is 0 Å². The molecule has 0 bridgehead atoms. The number of hydrogen-bond donors (Lipinski definition) is 0. The number of benzene rings is 2. The maximum atomic E-state index is 13.3. The molecular weight excluding hydrogens is 352 g/mol. The third-order valence-corrected chi connectivity index (χ3v) is 5.20. The first-order chi connectivity index (χ1) is 13.6. The molecule has 28 heavy (non-hydrogen) atoms. The summed E-state index contributed by atoms with van der Waals surface area (Å²) in [5, 5.41) is 0.943. The highest BCUT2D eigenvalue weighted by Crippen LogP contribution is 2.23. The molecule has 146 valence electrons. The van der Waals surface area contributed by atoms with Crippen molar-refractivity contribution in [3.05, 3.63) is 65.9 Å². The molecule has 5 nitrogen and oxygen atoms in total. The van der Waals surface area contributed by atoms with E-state index in [9.17, 15) is 4.79 Å².